The fraction of sp³-hybridized carbons (Fsp3) is 0.0588. The number of hydrogen-bond donors (Lipinski definition) is 4. The van der Waals surface area contributed by atoms with E-state index >= 15 is 0 Å². The standard InChI is InChI=1S/C17H16N8O2/c1-11-4-5-12(22-16(26)24-14-18-6-2-7-19-14)10-13(11)23-17(27)25-15-20-8-3-9-21-15/h2-10H,1H3,(H2,18,19,22,24,26)(H2,20,21,23,25,27). The van der Waals surface area contributed by atoms with Crippen molar-refractivity contribution in [3.63, 3.8) is 0 Å². The van der Waals surface area contributed by atoms with Gasteiger partial charge in [-0.3, -0.25) is 10.6 Å². The van der Waals surface area contributed by atoms with Crippen LogP contribution in [0.2, 0.25) is 0 Å². The Bertz CT molecular complexity index is 934. The van der Waals surface area contributed by atoms with Crippen molar-refractivity contribution in [1.82, 2.24) is 19.9 Å². The first-order valence-electron chi connectivity index (χ1n) is 7.91. The van der Waals surface area contributed by atoms with Gasteiger partial charge in [0, 0.05) is 36.2 Å². The molecule has 27 heavy (non-hydrogen) atoms. The Hall–Kier alpha value is -4.08. The van der Waals surface area contributed by atoms with Gasteiger partial charge in [0.05, 0.1) is 0 Å². The number of hydrogen-bond acceptors (Lipinski definition) is 6. The Balaban J connectivity index is 1.63. The number of carbonyl (C=O) groups excluding carboxylic acids is 2. The zero-order chi connectivity index (χ0) is 19.1. The normalized spacial score (nSPS) is 9.96. The minimum Gasteiger partial charge on any atom is -0.308 e. The molecule has 4 amide bonds. The minimum absolute atomic E-state index is 0.183. The quantitative estimate of drug-likeness (QED) is 0.562. The SMILES string of the molecule is Cc1ccc(NC(=O)Nc2ncccn2)cc1NC(=O)Nc1ncccn1. The first kappa shape index (κ1) is 17.7. The molecule has 0 saturated carbocycles. The van der Waals surface area contributed by atoms with Crippen LogP contribution < -0.4 is 21.3 Å². The van der Waals surface area contributed by atoms with Crippen LogP contribution in [-0.2, 0) is 0 Å². The molecular weight excluding hydrogens is 348 g/mol. The summed E-state index contributed by atoms with van der Waals surface area (Å²) < 4.78 is 0. The summed E-state index contributed by atoms with van der Waals surface area (Å²) in [6.45, 7) is 1.83. The fourth-order valence-corrected chi connectivity index (χ4v) is 2.08. The van der Waals surface area contributed by atoms with Crippen LogP contribution in [0.5, 0.6) is 0 Å². The van der Waals surface area contributed by atoms with Crippen LogP contribution in [0, 0.1) is 6.92 Å². The van der Waals surface area contributed by atoms with Crippen molar-refractivity contribution in [1.29, 1.82) is 0 Å². The van der Waals surface area contributed by atoms with E-state index in [0.29, 0.717) is 11.4 Å². The molecule has 0 bridgehead atoms. The van der Waals surface area contributed by atoms with E-state index in [1.165, 1.54) is 24.8 Å². The zero-order valence-electron chi connectivity index (χ0n) is 14.3. The Labute approximate surface area is 154 Å². The summed E-state index contributed by atoms with van der Waals surface area (Å²) in [5.41, 5.74) is 1.83. The third-order valence-electron chi connectivity index (χ3n) is 3.33. The maximum Gasteiger partial charge on any atom is 0.326 e. The van der Waals surface area contributed by atoms with Crippen molar-refractivity contribution < 1.29 is 9.59 Å². The molecule has 3 rings (SSSR count). The second kappa shape index (κ2) is 8.34. The van der Waals surface area contributed by atoms with E-state index < -0.39 is 12.1 Å². The third kappa shape index (κ3) is 5.19. The van der Waals surface area contributed by atoms with Gasteiger partial charge in [0.1, 0.15) is 0 Å². The molecule has 1 aromatic carbocycles. The largest absolute Gasteiger partial charge is 0.326 e. The summed E-state index contributed by atoms with van der Waals surface area (Å²) in [5.74, 6) is 0.367. The molecule has 0 aliphatic rings. The Morgan fingerprint density at radius 1 is 0.741 bits per heavy atom. The van der Waals surface area contributed by atoms with Crippen LogP contribution in [0.4, 0.5) is 32.9 Å². The summed E-state index contributed by atoms with van der Waals surface area (Å²) in [7, 11) is 0. The van der Waals surface area contributed by atoms with Gasteiger partial charge < -0.3 is 10.6 Å². The predicted octanol–water partition coefficient (Wildman–Crippen LogP) is 2.86. The number of benzene rings is 1. The lowest BCUT2D eigenvalue weighted by atomic mass is 10.2. The molecule has 0 unspecified atom stereocenters. The van der Waals surface area contributed by atoms with E-state index in [0.717, 1.165) is 5.56 Å². The van der Waals surface area contributed by atoms with E-state index in [1.54, 1.807) is 30.3 Å². The third-order valence-corrected chi connectivity index (χ3v) is 3.33. The number of anilines is 4. The summed E-state index contributed by atoms with van der Waals surface area (Å²) in [6.07, 6.45) is 6.08. The first-order valence-corrected chi connectivity index (χ1v) is 7.91. The molecule has 2 heterocycles. The van der Waals surface area contributed by atoms with Crippen molar-refractivity contribution in [3.05, 3.63) is 60.7 Å². The average molecular weight is 364 g/mol. The van der Waals surface area contributed by atoms with Gasteiger partial charge >= 0.3 is 12.1 Å². The lowest BCUT2D eigenvalue weighted by molar-refractivity contribution is 0.261. The molecule has 0 fully saturated rings. The van der Waals surface area contributed by atoms with Crippen LogP contribution >= 0.6 is 0 Å². The second-order valence-corrected chi connectivity index (χ2v) is 5.33. The highest BCUT2D eigenvalue weighted by Gasteiger charge is 2.09. The topological polar surface area (TPSA) is 134 Å². The van der Waals surface area contributed by atoms with Crippen molar-refractivity contribution in [2.75, 3.05) is 21.3 Å². The average Bonchev–Trinajstić information content (AvgIpc) is 2.66. The van der Waals surface area contributed by atoms with Crippen LogP contribution in [0.1, 0.15) is 5.56 Å². The van der Waals surface area contributed by atoms with Gasteiger partial charge in [-0.05, 0) is 36.8 Å². The molecule has 0 atom stereocenters. The Morgan fingerprint density at radius 2 is 1.26 bits per heavy atom. The lowest BCUT2D eigenvalue weighted by Crippen LogP contribution is -2.22. The number of nitrogens with one attached hydrogen (secondary N) is 4. The Kier molecular flexibility index (Phi) is 5.48. The highest BCUT2D eigenvalue weighted by molar-refractivity contribution is 6.01. The van der Waals surface area contributed by atoms with Crippen LogP contribution in [0.3, 0.4) is 0 Å². The summed E-state index contributed by atoms with van der Waals surface area (Å²) in [4.78, 5) is 39.8. The fourth-order valence-electron chi connectivity index (χ4n) is 2.08. The van der Waals surface area contributed by atoms with Gasteiger partial charge in [0.15, 0.2) is 0 Å². The van der Waals surface area contributed by atoms with Crippen molar-refractivity contribution in [2.45, 2.75) is 6.92 Å². The molecule has 0 aliphatic heterocycles. The number of carbonyl (C=O) groups is 2. The van der Waals surface area contributed by atoms with Crippen LogP contribution in [0.25, 0.3) is 0 Å². The van der Waals surface area contributed by atoms with Gasteiger partial charge in [0.2, 0.25) is 11.9 Å². The molecule has 0 radical (unpaired) electrons. The number of nitrogens with zero attached hydrogens (tertiary/aromatic N) is 4. The van der Waals surface area contributed by atoms with Gasteiger partial charge in [-0.25, -0.2) is 29.5 Å². The van der Waals surface area contributed by atoms with Gasteiger partial charge in [-0.2, -0.15) is 0 Å². The first-order chi connectivity index (χ1) is 13.1. The number of amides is 4. The second-order valence-electron chi connectivity index (χ2n) is 5.33. The van der Waals surface area contributed by atoms with Crippen molar-refractivity contribution >= 4 is 35.3 Å². The zero-order valence-corrected chi connectivity index (χ0v) is 14.3. The molecule has 0 aliphatic carbocycles. The summed E-state index contributed by atoms with van der Waals surface area (Å²) >= 11 is 0. The monoisotopic (exact) mass is 364 g/mol. The summed E-state index contributed by atoms with van der Waals surface area (Å²) in [6, 6.07) is 7.40. The molecular formula is C17H16N8O2. The van der Waals surface area contributed by atoms with E-state index in [4.69, 9.17) is 0 Å². The predicted molar refractivity (Wildman–Crippen MR) is 101 cm³/mol. The Morgan fingerprint density at radius 3 is 1.81 bits per heavy atom. The molecule has 0 saturated heterocycles. The van der Waals surface area contributed by atoms with E-state index in [1.807, 2.05) is 6.92 Å². The molecule has 10 nitrogen and oxygen atoms in total. The minimum atomic E-state index is -0.502. The number of rotatable bonds is 4. The van der Waals surface area contributed by atoms with Gasteiger partial charge in [-0.1, -0.05) is 6.07 Å². The number of aromatic nitrogens is 4. The molecule has 2 aromatic heterocycles. The van der Waals surface area contributed by atoms with E-state index in [9.17, 15) is 9.59 Å². The smallest absolute Gasteiger partial charge is 0.308 e. The molecule has 136 valence electrons. The molecule has 3 aromatic rings. The summed E-state index contributed by atoms with van der Waals surface area (Å²) in [5, 5.41) is 10.4. The molecule has 10 heteroatoms. The van der Waals surface area contributed by atoms with Crippen LogP contribution in [-0.4, -0.2) is 32.0 Å². The van der Waals surface area contributed by atoms with Crippen LogP contribution in [0.15, 0.2) is 55.1 Å². The lowest BCUT2D eigenvalue weighted by Gasteiger charge is -2.12. The highest BCUT2D eigenvalue weighted by atomic mass is 16.2. The molecule has 4 N–H and O–H groups in total. The van der Waals surface area contributed by atoms with Crippen molar-refractivity contribution in [3.8, 4) is 0 Å². The maximum atomic E-state index is 12.1. The van der Waals surface area contributed by atoms with E-state index in [-0.39, 0.29) is 11.9 Å². The number of aryl methyl sites for hydroxylation is 1. The van der Waals surface area contributed by atoms with Gasteiger partial charge in [-0.15, -0.1) is 0 Å². The molecule has 0 spiro atoms. The highest BCUT2D eigenvalue weighted by Crippen LogP contribution is 2.20. The van der Waals surface area contributed by atoms with Gasteiger partial charge in [0.25, 0.3) is 0 Å². The number of urea groups is 2. The van der Waals surface area contributed by atoms with E-state index in [2.05, 4.69) is 41.2 Å². The maximum absolute atomic E-state index is 12.1. The van der Waals surface area contributed by atoms with Crippen molar-refractivity contribution in [2.24, 2.45) is 0 Å².